The first-order valence-electron chi connectivity index (χ1n) is 12.1. The Bertz CT molecular complexity index is 1480. The van der Waals surface area contributed by atoms with E-state index in [9.17, 15) is 14.7 Å². The lowest BCUT2D eigenvalue weighted by Crippen LogP contribution is -2.41. The fraction of sp³-hybridized carbons (Fsp3) is 0.207. The van der Waals surface area contributed by atoms with Gasteiger partial charge in [-0.2, -0.15) is 0 Å². The Morgan fingerprint density at radius 2 is 1.62 bits per heavy atom. The highest BCUT2D eigenvalue weighted by molar-refractivity contribution is 9.10. The highest BCUT2D eigenvalue weighted by atomic mass is 79.9. The maximum Gasteiger partial charge on any atom is 0.410 e. The molecule has 1 fully saturated rings. The molecular weight excluding hydrogens is 536 g/mol. The number of ether oxygens (including phenoxy) is 2. The van der Waals surface area contributed by atoms with Gasteiger partial charge in [0.1, 0.15) is 18.8 Å². The zero-order chi connectivity index (χ0) is 25.5. The first kappa shape index (κ1) is 23.5. The maximum atomic E-state index is 13.1. The highest BCUT2D eigenvalue weighted by Crippen LogP contribution is 2.44. The number of pyridine rings is 1. The molecule has 1 N–H and O–H groups in total. The number of nitrogens with zero attached hydrogens (tertiary/aromatic N) is 2. The van der Waals surface area contributed by atoms with Gasteiger partial charge in [0.25, 0.3) is 0 Å². The molecule has 1 aliphatic heterocycles. The smallest absolute Gasteiger partial charge is 0.410 e. The van der Waals surface area contributed by atoms with Crippen molar-refractivity contribution in [2.75, 3.05) is 13.2 Å². The number of benzene rings is 3. The van der Waals surface area contributed by atoms with Crippen molar-refractivity contribution in [3.05, 3.63) is 94.5 Å². The molecule has 4 aromatic rings. The summed E-state index contributed by atoms with van der Waals surface area (Å²) in [6.45, 7) is 0.216. The lowest BCUT2D eigenvalue weighted by Gasteiger charge is -2.22. The Morgan fingerprint density at radius 3 is 2.32 bits per heavy atom. The SMILES string of the molecule is O=C(O)[C@@H]1CC(Oc2nc3ccccc3cc2Br)CN1C(=O)OCC1c2ccccc2-c2ccccc21. The quantitative estimate of drug-likeness (QED) is 0.330. The number of carboxylic acid groups (broad SMARTS) is 1. The minimum atomic E-state index is -1.09. The molecule has 0 bridgehead atoms. The standard InChI is InChI=1S/C29H23BrN2O5/c30-24-13-17-7-1-6-12-25(17)31-27(24)37-18-14-26(28(33)34)32(15-18)29(35)36-16-23-21-10-4-2-8-19(21)20-9-3-5-11-22(20)23/h1-13,18,23,26H,14-16H2,(H,33,34)/t18?,26-/m0/s1. The summed E-state index contributed by atoms with van der Waals surface area (Å²) in [5.41, 5.74) is 5.22. The minimum absolute atomic E-state index is 0.0919. The second kappa shape index (κ2) is 9.52. The number of carbonyl (C=O) groups excluding carboxylic acids is 1. The fourth-order valence-corrected chi connectivity index (χ4v) is 5.74. The zero-order valence-corrected chi connectivity index (χ0v) is 21.3. The van der Waals surface area contributed by atoms with Crippen LogP contribution < -0.4 is 4.74 Å². The molecule has 1 aromatic heterocycles. The van der Waals surface area contributed by atoms with Crippen molar-refractivity contribution in [2.24, 2.45) is 0 Å². The molecule has 1 unspecified atom stereocenters. The maximum absolute atomic E-state index is 13.1. The van der Waals surface area contributed by atoms with Crippen LogP contribution in [0.15, 0.2) is 83.3 Å². The summed E-state index contributed by atoms with van der Waals surface area (Å²) < 4.78 is 12.5. The predicted molar refractivity (Wildman–Crippen MR) is 142 cm³/mol. The number of carboxylic acids is 1. The molecule has 1 saturated heterocycles. The average Bonchev–Trinajstić information content (AvgIpc) is 3.47. The van der Waals surface area contributed by atoms with Crippen LogP contribution in [0.3, 0.4) is 0 Å². The molecule has 1 aliphatic carbocycles. The van der Waals surface area contributed by atoms with E-state index in [0.29, 0.717) is 10.4 Å². The van der Waals surface area contributed by atoms with E-state index in [0.717, 1.165) is 33.2 Å². The normalized spacial score (nSPS) is 18.5. The molecule has 7 nitrogen and oxygen atoms in total. The Kier molecular flexibility index (Phi) is 6.04. The van der Waals surface area contributed by atoms with Crippen LogP contribution in [-0.4, -0.2) is 52.4 Å². The van der Waals surface area contributed by atoms with Crippen molar-refractivity contribution in [3.63, 3.8) is 0 Å². The zero-order valence-electron chi connectivity index (χ0n) is 19.7. The number of halogens is 1. The van der Waals surface area contributed by atoms with Crippen LogP contribution in [0.4, 0.5) is 4.79 Å². The molecule has 2 atom stereocenters. The average molecular weight is 559 g/mol. The number of likely N-dealkylation sites (tertiary alicyclic amines) is 1. The van der Waals surface area contributed by atoms with Crippen LogP contribution in [0, 0.1) is 0 Å². The van der Waals surface area contributed by atoms with Crippen molar-refractivity contribution in [1.29, 1.82) is 0 Å². The number of aromatic nitrogens is 1. The van der Waals surface area contributed by atoms with Gasteiger partial charge in [0.15, 0.2) is 0 Å². The molecule has 3 aromatic carbocycles. The second-order valence-corrected chi connectivity index (χ2v) is 10.1. The van der Waals surface area contributed by atoms with Crippen molar-refractivity contribution in [1.82, 2.24) is 9.88 Å². The number of amides is 1. The van der Waals surface area contributed by atoms with E-state index in [1.807, 2.05) is 66.7 Å². The Labute approximate surface area is 221 Å². The van der Waals surface area contributed by atoms with E-state index >= 15 is 0 Å². The number of hydrogen-bond acceptors (Lipinski definition) is 5. The number of carbonyl (C=O) groups is 2. The third-order valence-electron chi connectivity index (χ3n) is 7.04. The number of para-hydroxylation sites is 1. The van der Waals surface area contributed by atoms with Crippen molar-refractivity contribution in [3.8, 4) is 17.0 Å². The van der Waals surface area contributed by atoms with Crippen LogP contribution in [0.2, 0.25) is 0 Å². The molecule has 37 heavy (non-hydrogen) atoms. The van der Waals surface area contributed by atoms with Gasteiger partial charge < -0.3 is 14.6 Å². The Morgan fingerprint density at radius 1 is 0.973 bits per heavy atom. The lowest BCUT2D eigenvalue weighted by molar-refractivity contribution is -0.141. The summed E-state index contributed by atoms with van der Waals surface area (Å²) in [6.07, 6.45) is -1.06. The Hall–Kier alpha value is -3.91. The number of fused-ring (bicyclic) bond motifs is 4. The van der Waals surface area contributed by atoms with E-state index in [1.165, 1.54) is 4.90 Å². The van der Waals surface area contributed by atoms with Crippen molar-refractivity contribution >= 4 is 38.9 Å². The second-order valence-electron chi connectivity index (χ2n) is 9.25. The van der Waals surface area contributed by atoms with E-state index in [4.69, 9.17) is 9.47 Å². The fourth-order valence-electron chi connectivity index (χ4n) is 5.31. The third-order valence-corrected chi connectivity index (χ3v) is 7.61. The van der Waals surface area contributed by atoms with Gasteiger partial charge in [-0.05, 0) is 50.3 Å². The molecule has 0 spiro atoms. The van der Waals surface area contributed by atoms with Crippen molar-refractivity contribution < 1.29 is 24.2 Å². The van der Waals surface area contributed by atoms with Crippen molar-refractivity contribution in [2.45, 2.75) is 24.5 Å². The molecule has 2 aliphatic rings. The van der Waals surface area contributed by atoms with Gasteiger partial charge in [-0.1, -0.05) is 66.7 Å². The molecule has 8 heteroatoms. The molecule has 1 amide bonds. The van der Waals surface area contributed by atoms with E-state index in [2.05, 4.69) is 33.0 Å². The van der Waals surface area contributed by atoms with Gasteiger partial charge in [0, 0.05) is 17.7 Å². The molecular formula is C29H23BrN2O5. The van der Waals surface area contributed by atoms with E-state index in [-0.39, 0.29) is 25.5 Å². The van der Waals surface area contributed by atoms with Crippen LogP contribution in [0.5, 0.6) is 5.88 Å². The minimum Gasteiger partial charge on any atom is -0.480 e. The highest BCUT2D eigenvalue weighted by Gasteiger charge is 2.42. The monoisotopic (exact) mass is 558 g/mol. The summed E-state index contributed by atoms with van der Waals surface area (Å²) in [5.74, 6) is -0.834. The predicted octanol–water partition coefficient (Wildman–Crippen LogP) is 5.85. The molecule has 0 saturated carbocycles. The summed E-state index contributed by atoms with van der Waals surface area (Å²) in [6, 6.07) is 24.7. The summed E-state index contributed by atoms with van der Waals surface area (Å²) in [5, 5.41) is 10.8. The molecule has 0 radical (unpaired) electrons. The number of rotatable bonds is 5. The van der Waals surface area contributed by atoms with Crippen LogP contribution in [-0.2, 0) is 9.53 Å². The first-order valence-corrected chi connectivity index (χ1v) is 12.9. The Balaban J connectivity index is 1.18. The summed E-state index contributed by atoms with van der Waals surface area (Å²) >= 11 is 3.49. The van der Waals surface area contributed by atoms with Gasteiger partial charge in [-0.15, -0.1) is 0 Å². The van der Waals surface area contributed by atoms with Gasteiger partial charge >= 0.3 is 12.1 Å². The molecule has 186 valence electrons. The molecule has 6 rings (SSSR count). The van der Waals surface area contributed by atoms with Crippen LogP contribution in [0.25, 0.3) is 22.0 Å². The van der Waals surface area contributed by atoms with Gasteiger partial charge in [0.05, 0.1) is 16.5 Å². The van der Waals surface area contributed by atoms with Crippen LogP contribution >= 0.6 is 15.9 Å². The van der Waals surface area contributed by atoms with Gasteiger partial charge in [-0.25, -0.2) is 14.6 Å². The number of hydrogen-bond donors (Lipinski definition) is 1. The number of aliphatic carboxylic acids is 1. The van der Waals surface area contributed by atoms with Gasteiger partial charge in [-0.3, -0.25) is 4.90 Å². The van der Waals surface area contributed by atoms with Gasteiger partial charge in [0.2, 0.25) is 5.88 Å². The summed E-state index contributed by atoms with van der Waals surface area (Å²) in [7, 11) is 0. The van der Waals surface area contributed by atoms with Crippen LogP contribution in [0.1, 0.15) is 23.5 Å². The summed E-state index contributed by atoms with van der Waals surface area (Å²) in [4.78, 5) is 31.0. The molecule has 2 heterocycles. The largest absolute Gasteiger partial charge is 0.480 e. The first-order chi connectivity index (χ1) is 18.0. The topological polar surface area (TPSA) is 89.0 Å². The lowest BCUT2D eigenvalue weighted by atomic mass is 9.98. The third kappa shape index (κ3) is 4.31. The van der Waals surface area contributed by atoms with E-state index in [1.54, 1.807) is 0 Å². The van der Waals surface area contributed by atoms with E-state index < -0.39 is 24.2 Å².